The van der Waals surface area contributed by atoms with Crippen LogP contribution in [0.5, 0.6) is 11.5 Å². The number of thioether (sulfide) groups is 1. The minimum absolute atomic E-state index is 0.234. The Morgan fingerprint density at radius 3 is 2.56 bits per heavy atom. The molecule has 1 heterocycles. The van der Waals surface area contributed by atoms with E-state index in [0.717, 1.165) is 25.8 Å². The maximum Gasteiger partial charge on any atom is 0.326 e. The second-order valence-electron chi connectivity index (χ2n) is 7.51. The number of esters is 1. The van der Waals surface area contributed by atoms with Crippen molar-refractivity contribution in [3.8, 4) is 11.5 Å². The molecule has 0 aliphatic carbocycles. The Morgan fingerprint density at radius 1 is 1.15 bits per heavy atom. The van der Waals surface area contributed by atoms with Gasteiger partial charge in [0.1, 0.15) is 13.2 Å². The zero-order chi connectivity index (χ0) is 24.7. The molecule has 2 aromatic carbocycles. The smallest absolute Gasteiger partial charge is 0.326 e. The van der Waals surface area contributed by atoms with Crippen molar-refractivity contribution >= 4 is 57.5 Å². The molecule has 0 unspecified atom stereocenters. The highest BCUT2D eigenvalue weighted by Gasteiger charge is 2.37. The highest BCUT2D eigenvalue weighted by Crippen LogP contribution is 2.38. The number of nitrogens with zero attached hydrogens (tertiary/aromatic N) is 1. The second kappa shape index (κ2) is 12.3. The van der Waals surface area contributed by atoms with Crippen LogP contribution in [0.3, 0.4) is 0 Å². The van der Waals surface area contributed by atoms with Gasteiger partial charge in [-0.25, -0.2) is 0 Å². The molecular weight excluding hydrogens is 569 g/mol. The quantitative estimate of drug-likeness (QED) is 0.200. The predicted molar refractivity (Wildman–Crippen MR) is 140 cm³/mol. The monoisotopic (exact) mass is 595 g/mol. The van der Waals surface area contributed by atoms with Crippen molar-refractivity contribution in [3.05, 3.63) is 62.1 Å². The molecule has 0 radical (unpaired) electrons. The zero-order valence-corrected chi connectivity index (χ0v) is 22.2. The summed E-state index contributed by atoms with van der Waals surface area (Å²) < 4.78 is 17.8. The molecule has 9 heteroatoms. The number of amides is 2. The largest absolute Gasteiger partial charge is 0.490 e. The summed E-state index contributed by atoms with van der Waals surface area (Å²) in [4.78, 5) is 38.3. The lowest BCUT2D eigenvalue weighted by atomic mass is 10.1. The molecule has 3 rings (SSSR count). The highest BCUT2D eigenvalue weighted by atomic mass is 127. The van der Waals surface area contributed by atoms with E-state index in [0.29, 0.717) is 36.7 Å². The van der Waals surface area contributed by atoms with Crippen LogP contribution in [0, 0.1) is 3.57 Å². The van der Waals surface area contributed by atoms with Gasteiger partial charge in [-0.05, 0) is 84.0 Å². The summed E-state index contributed by atoms with van der Waals surface area (Å²) in [5.41, 5.74) is 1.72. The lowest BCUT2D eigenvalue weighted by molar-refractivity contribution is -0.150. The Bertz CT molecular complexity index is 1090. The predicted octanol–water partition coefficient (Wildman–Crippen LogP) is 5.65. The number of carbonyl (C=O) groups is 3. The molecule has 1 aliphatic heterocycles. The topological polar surface area (TPSA) is 82.1 Å². The molecule has 0 saturated carbocycles. The molecule has 1 fully saturated rings. The number of carbonyl (C=O) groups excluding carboxylic acids is 3. The first-order valence-corrected chi connectivity index (χ1v) is 12.8. The summed E-state index contributed by atoms with van der Waals surface area (Å²) in [5, 5.41) is -0.500. The molecule has 1 saturated heterocycles. The van der Waals surface area contributed by atoms with E-state index in [1.165, 1.54) is 0 Å². The van der Waals surface area contributed by atoms with Crippen LogP contribution in [-0.4, -0.2) is 41.3 Å². The van der Waals surface area contributed by atoms with Crippen LogP contribution in [0.25, 0.3) is 6.08 Å². The first-order valence-electron chi connectivity index (χ1n) is 10.9. The molecule has 7 nitrogen and oxygen atoms in total. The molecule has 0 aromatic heterocycles. The van der Waals surface area contributed by atoms with E-state index in [1.54, 1.807) is 19.1 Å². The standard InChI is InChI=1S/C25H26INO6S/c1-4-16(3)33-22(28)14-27-24(29)21(34-25(27)30)13-18-11-19(26)23(20(12-18)31-5-2)32-15-17-9-7-6-8-10-17/h6-13,16H,4-5,14-15H2,1-3H3/b21-13+/t16-/m1/s1. The van der Waals surface area contributed by atoms with Gasteiger partial charge in [0.25, 0.3) is 11.1 Å². The Balaban J connectivity index is 1.78. The Hall–Kier alpha value is -2.53. The SMILES string of the molecule is CCOc1cc(/C=C2/SC(=O)N(CC(=O)O[C@H](C)CC)C2=O)cc(I)c1OCc1ccccc1. The van der Waals surface area contributed by atoms with Crippen LogP contribution in [0.2, 0.25) is 0 Å². The maximum absolute atomic E-state index is 12.8. The van der Waals surface area contributed by atoms with Crippen LogP contribution in [-0.2, 0) is 20.9 Å². The number of benzene rings is 2. The van der Waals surface area contributed by atoms with Crippen LogP contribution >= 0.6 is 34.4 Å². The molecular formula is C25H26INO6S. The maximum atomic E-state index is 12.8. The van der Waals surface area contributed by atoms with Gasteiger partial charge in [0.15, 0.2) is 11.5 Å². The number of halogens is 1. The summed E-state index contributed by atoms with van der Waals surface area (Å²) in [7, 11) is 0. The fraction of sp³-hybridized carbons (Fsp3) is 0.320. The number of rotatable bonds is 10. The van der Waals surface area contributed by atoms with E-state index in [4.69, 9.17) is 14.2 Å². The third-order valence-electron chi connectivity index (χ3n) is 4.92. The number of hydrogen-bond acceptors (Lipinski definition) is 7. The average Bonchev–Trinajstić information content (AvgIpc) is 3.06. The summed E-state index contributed by atoms with van der Waals surface area (Å²) in [5.74, 6) is 0.0387. The van der Waals surface area contributed by atoms with Crippen molar-refractivity contribution < 1.29 is 28.6 Å². The molecule has 0 spiro atoms. The molecule has 2 amide bonds. The second-order valence-corrected chi connectivity index (χ2v) is 9.67. The average molecular weight is 595 g/mol. The van der Waals surface area contributed by atoms with Crippen molar-refractivity contribution in [3.63, 3.8) is 0 Å². The summed E-state index contributed by atoms with van der Waals surface area (Å²) >= 11 is 2.96. The fourth-order valence-corrected chi connectivity index (χ4v) is 4.69. The van der Waals surface area contributed by atoms with Gasteiger partial charge in [-0.1, -0.05) is 37.3 Å². The summed E-state index contributed by atoms with van der Waals surface area (Å²) in [6.45, 7) is 5.95. The first kappa shape index (κ1) is 26.1. The molecule has 1 aliphatic rings. The van der Waals surface area contributed by atoms with Crippen molar-refractivity contribution in [2.45, 2.75) is 39.9 Å². The number of hydrogen-bond donors (Lipinski definition) is 0. The number of imide groups is 1. The van der Waals surface area contributed by atoms with E-state index in [9.17, 15) is 14.4 Å². The molecule has 180 valence electrons. The van der Waals surface area contributed by atoms with Crippen LogP contribution in [0.4, 0.5) is 4.79 Å². The van der Waals surface area contributed by atoms with Gasteiger partial charge in [-0.3, -0.25) is 19.3 Å². The van der Waals surface area contributed by atoms with Gasteiger partial charge in [0.05, 0.1) is 21.2 Å². The lowest BCUT2D eigenvalue weighted by Gasteiger charge is -2.15. The van der Waals surface area contributed by atoms with Gasteiger partial charge < -0.3 is 14.2 Å². The van der Waals surface area contributed by atoms with E-state index in [2.05, 4.69) is 22.6 Å². The minimum Gasteiger partial charge on any atom is -0.490 e. The molecule has 2 aromatic rings. The first-order chi connectivity index (χ1) is 16.3. The fourth-order valence-electron chi connectivity index (χ4n) is 3.07. The lowest BCUT2D eigenvalue weighted by Crippen LogP contribution is -2.35. The third-order valence-corrected chi connectivity index (χ3v) is 6.63. The van der Waals surface area contributed by atoms with Gasteiger partial charge >= 0.3 is 5.97 Å². The van der Waals surface area contributed by atoms with Crippen LogP contribution < -0.4 is 9.47 Å². The summed E-state index contributed by atoms with van der Waals surface area (Å²) in [6.07, 6.45) is 2.00. The molecule has 34 heavy (non-hydrogen) atoms. The number of ether oxygens (including phenoxy) is 3. The Kier molecular flexibility index (Phi) is 9.40. The van der Waals surface area contributed by atoms with Crippen molar-refractivity contribution in [2.75, 3.05) is 13.2 Å². The minimum atomic E-state index is -0.606. The van der Waals surface area contributed by atoms with Gasteiger partial charge in [0, 0.05) is 0 Å². The van der Waals surface area contributed by atoms with E-state index >= 15 is 0 Å². The van der Waals surface area contributed by atoms with E-state index in [-0.39, 0.29) is 11.0 Å². The van der Waals surface area contributed by atoms with E-state index < -0.39 is 23.7 Å². The zero-order valence-electron chi connectivity index (χ0n) is 19.2. The normalized spacial score (nSPS) is 15.5. The Labute approximate surface area is 217 Å². The van der Waals surface area contributed by atoms with Gasteiger partial charge in [-0.2, -0.15) is 0 Å². The molecule has 1 atom stereocenters. The van der Waals surface area contributed by atoms with Crippen molar-refractivity contribution in [1.29, 1.82) is 0 Å². The van der Waals surface area contributed by atoms with Crippen LogP contribution in [0.15, 0.2) is 47.4 Å². The van der Waals surface area contributed by atoms with E-state index in [1.807, 2.05) is 50.2 Å². The highest BCUT2D eigenvalue weighted by molar-refractivity contribution is 14.1. The van der Waals surface area contributed by atoms with Gasteiger partial charge in [0.2, 0.25) is 0 Å². The summed E-state index contributed by atoms with van der Waals surface area (Å²) in [6, 6.07) is 13.4. The van der Waals surface area contributed by atoms with Gasteiger partial charge in [-0.15, -0.1) is 0 Å². The third kappa shape index (κ3) is 6.75. The molecule has 0 N–H and O–H groups in total. The van der Waals surface area contributed by atoms with Crippen molar-refractivity contribution in [1.82, 2.24) is 4.90 Å². The Morgan fingerprint density at radius 2 is 1.88 bits per heavy atom. The molecule has 0 bridgehead atoms. The van der Waals surface area contributed by atoms with Crippen LogP contribution in [0.1, 0.15) is 38.3 Å². The van der Waals surface area contributed by atoms with Crippen molar-refractivity contribution in [2.24, 2.45) is 0 Å².